The maximum absolute atomic E-state index is 11.9. The Morgan fingerprint density at radius 1 is 1.43 bits per heavy atom. The second kappa shape index (κ2) is 7.23. The zero-order valence-electron chi connectivity index (χ0n) is 13.7. The first-order valence-corrected chi connectivity index (χ1v) is 9.12. The Labute approximate surface area is 141 Å². The highest BCUT2D eigenvalue weighted by molar-refractivity contribution is 7.09. The van der Waals surface area contributed by atoms with Gasteiger partial charge in [-0.05, 0) is 37.5 Å². The molecular formula is C18H23N3OS. The Morgan fingerprint density at radius 2 is 2.30 bits per heavy atom. The molecule has 1 amide bonds. The van der Waals surface area contributed by atoms with Crippen LogP contribution in [0.15, 0.2) is 29.6 Å². The third-order valence-electron chi connectivity index (χ3n) is 4.25. The SMILES string of the molecule is CCc1nc(CN[C@@H](C)c2cccc(N3CCCC3=O)c2)cs1. The predicted octanol–water partition coefficient (Wildman–Crippen LogP) is 3.68. The molecule has 1 saturated heterocycles. The van der Waals surface area contributed by atoms with Crippen molar-refractivity contribution in [3.05, 3.63) is 45.9 Å². The van der Waals surface area contributed by atoms with E-state index in [1.807, 2.05) is 17.0 Å². The van der Waals surface area contributed by atoms with Crippen LogP contribution in [0, 0.1) is 0 Å². The maximum atomic E-state index is 11.9. The molecule has 23 heavy (non-hydrogen) atoms. The van der Waals surface area contributed by atoms with Crippen molar-refractivity contribution in [2.45, 2.75) is 45.7 Å². The van der Waals surface area contributed by atoms with Crippen molar-refractivity contribution >= 4 is 22.9 Å². The fourth-order valence-corrected chi connectivity index (χ4v) is 3.60. The van der Waals surface area contributed by atoms with Gasteiger partial charge in [-0.2, -0.15) is 0 Å². The van der Waals surface area contributed by atoms with Crippen LogP contribution in [-0.2, 0) is 17.8 Å². The molecule has 1 fully saturated rings. The summed E-state index contributed by atoms with van der Waals surface area (Å²) in [6.45, 7) is 5.88. The van der Waals surface area contributed by atoms with E-state index >= 15 is 0 Å². The molecule has 122 valence electrons. The van der Waals surface area contributed by atoms with Crippen molar-refractivity contribution in [3.8, 4) is 0 Å². The summed E-state index contributed by atoms with van der Waals surface area (Å²) in [5.41, 5.74) is 3.32. The Balaban J connectivity index is 1.65. The monoisotopic (exact) mass is 329 g/mol. The summed E-state index contributed by atoms with van der Waals surface area (Å²) in [4.78, 5) is 18.4. The highest BCUT2D eigenvalue weighted by Gasteiger charge is 2.22. The molecule has 1 aliphatic rings. The normalized spacial score (nSPS) is 16.1. The van der Waals surface area contributed by atoms with E-state index in [1.165, 1.54) is 10.6 Å². The summed E-state index contributed by atoms with van der Waals surface area (Å²) < 4.78 is 0. The van der Waals surface area contributed by atoms with Crippen LogP contribution >= 0.6 is 11.3 Å². The topological polar surface area (TPSA) is 45.2 Å². The van der Waals surface area contributed by atoms with Crippen molar-refractivity contribution in [1.29, 1.82) is 0 Å². The van der Waals surface area contributed by atoms with Gasteiger partial charge < -0.3 is 10.2 Å². The molecule has 1 N–H and O–H groups in total. The van der Waals surface area contributed by atoms with Crippen LogP contribution in [-0.4, -0.2) is 17.4 Å². The first-order valence-electron chi connectivity index (χ1n) is 8.24. The lowest BCUT2D eigenvalue weighted by Gasteiger charge is -2.19. The summed E-state index contributed by atoms with van der Waals surface area (Å²) in [7, 11) is 0. The molecular weight excluding hydrogens is 306 g/mol. The first-order chi connectivity index (χ1) is 11.2. The van der Waals surface area contributed by atoms with Crippen LogP contribution in [0.2, 0.25) is 0 Å². The van der Waals surface area contributed by atoms with E-state index < -0.39 is 0 Å². The van der Waals surface area contributed by atoms with Gasteiger partial charge in [-0.3, -0.25) is 4.79 Å². The van der Waals surface area contributed by atoms with Crippen molar-refractivity contribution in [1.82, 2.24) is 10.3 Å². The average Bonchev–Trinajstić information content (AvgIpc) is 3.21. The van der Waals surface area contributed by atoms with Gasteiger partial charge in [0, 0.05) is 36.6 Å². The fraction of sp³-hybridized carbons (Fsp3) is 0.444. The number of carbonyl (C=O) groups excluding carboxylic acids is 1. The number of aryl methyl sites for hydroxylation is 1. The lowest BCUT2D eigenvalue weighted by atomic mass is 10.1. The molecule has 1 aromatic carbocycles. The highest BCUT2D eigenvalue weighted by atomic mass is 32.1. The molecule has 2 aromatic rings. The molecule has 3 rings (SSSR count). The first kappa shape index (κ1) is 16.1. The second-order valence-electron chi connectivity index (χ2n) is 5.93. The van der Waals surface area contributed by atoms with Crippen LogP contribution in [0.4, 0.5) is 5.69 Å². The van der Waals surface area contributed by atoms with E-state index in [-0.39, 0.29) is 11.9 Å². The van der Waals surface area contributed by atoms with Gasteiger partial charge in [0.2, 0.25) is 5.91 Å². The van der Waals surface area contributed by atoms with E-state index in [9.17, 15) is 4.79 Å². The molecule has 1 aliphatic heterocycles. The summed E-state index contributed by atoms with van der Waals surface area (Å²) in [6, 6.07) is 8.51. The number of benzene rings is 1. The van der Waals surface area contributed by atoms with Gasteiger partial charge in [0.15, 0.2) is 0 Å². The third-order valence-corrected chi connectivity index (χ3v) is 5.29. The van der Waals surface area contributed by atoms with Crippen molar-refractivity contribution in [3.63, 3.8) is 0 Å². The molecule has 0 radical (unpaired) electrons. The number of thiazole rings is 1. The minimum absolute atomic E-state index is 0.222. The van der Waals surface area contributed by atoms with E-state index in [0.29, 0.717) is 6.42 Å². The molecule has 2 heterocycles. The summed E-state index contributed by atoms with van der Waals surface area (Å²) in [5.74, 6) is 0.234. The Morgan fingerprint density at radius 3 is 3.00 bits per heavy atom. The Bertz CT molecular complexity index is 682. The number of hydrogen-bond donors (Lipinski definition) is 1. The van der Waals surface area contributed by atoms with Crippen LogP contribution in [0.25, 0.3) is 0 Å². The van der Waals surface area contributed by atoms with Crippen LogP contribution in [0.5, 0.6) is 0 Å². The fourth-order valence-electron chi connectivity index (χ4n) is 2.85. The summed E-state index contributed by atoms with van der Waals surface area (Å²) in [6.07, 6.45) is 2.62. The number of nitrogens with one attached hydrogen (secondary N) is 1. The van der Waals surface area contributed by atoms with Crippen LogP contribution in [0.3, 0.4) is 0 Å². The standard InChI is InChI=1S/C18H23N3OS/c1-3-17-20-15(12-23-17)11-19-13(2)14-6-4-7-16(10-14)21-9-5-8-18(21)22/h4,6-7,10,12-13,19H,3,5,8-9,11H2,1-2H3/t13-/m0/s1. The van der Waals surface area contributed by atoms with Gasteiger partial charge in [-0.1, -0.05) is 19.1 Å². The molecule has 0 bridgehead atoms. The number of nitrogens with zero attached hydrogens (tertiary/aromatic N) is 2. The average molecular weight is 329 g/mol. The molecule has 1 atom stereocenters. The minimum Gasteiger partial charge on any atom is -0.312 e. The lowest BCUT2D eigenvalue weighted by molar-refractivity contribution is -0.117. The van der Waals surface area contributed by atoms with Crippen LogP contribution < -0.4 is 10.2 Å². The molecule has 4 nitrogen and oxygen atoms in total. The molecule has 0 spiro atoms. The highest BCUT2D eigenvalue weighted by Crippen LogP contribution is 2.25. The number of aromatic nitrogens is 1. The van der Waals surface area contributed by atoms with E-state index in [0.717, 1.165) is 37.3 Å². The van der Waals surface area contributed by atoms with E-state index in [2.05, 4.69) is 41.7 Å². The van der Waals surface area contributed by atoms with Gasteiger partial charge in [0.25, 0.3) is 0 Å². The zero-order valence-corrected chi connectivity index (χ0v) is 14.5. The van der Waals surface area contributed by atoms with Crippen molar-refractivity contribution in [2.24, 2.45) is 0 Å². The molecule has 1 aromatic heterocycles. The Kier molecular flexibility index (Phi) is 5.08. The third kappa shape index (κ3) is 3.79. The van der Waals surface area contributed by atoms with E-state index in [1.54, 1.807) is 11.3 Å². The van der Waals surface area contributed by atoms with Crippen molar-refractivity contribution in [2.75, 3.05) is 11.4 Å². The van der Waals surface area contributed by atoms with E-state index in [4.69, 9.17) is 0 Å². The number of carbonyl (C=O) groups is 1. The number of anilines is 1. The smallest absolute Gasteiger partial charge is 0.227 e. The maximum Gasteiger partial charge on any atom is 0.227 e. The Hall–Kier alpha value is -1.72. The van der Waals surface area contributed by atoms with Gasteiger partial charge in [-0.15, -0.1) is 11.3 Å². The zero-order chi connectivity index (χ0) is 16.2. The number of amides is 1. The largest absolute Gasteiger partial charge is 0.312 e. The molecule has 5 heteroatoms. The second-order valence-corrected chi connectivity index (χ2v) is 6.88. The summed E-state index contributed by atoms with van der Waals surface area (Å²) in [5, 5.41) is 6.83. The van der Waals surface area contributed by atoms with Gasteiger partial charge >= 0.3 is 0 Å². The lowest BCUT2D eigenvalue weighted by Crippen LogP contribution is -2.24. The molecule has 0 saturated carbocycles. The quantitative estimate of drug-likeness (QED) is 0.879. The van der Waals surface area contributed by atoms with Crippen LogP contribution in [0.1, 0.15) is 49.0 Å². The molecule has 0 aliphatic carbocycles. The van der Waals surface area contributed by atoms with Gasteiger partial charge in [0.05, 0.1) is 10.7 Å². The number of rotatable bonds is 6. The van der Waals surface area contributed by atoms with Gasteiger partial charge in [0.1, 0.15) is 0 Å². The number of hydrogen-bond acceptors (Lipinski definition) is 4. The summed E-state index contributed by atoms with van der Waals surface area (Å²) >= 11 is 1.72. The van der Waals surface area contributed by atoms with Gasteiger partial charge in [-0.25, -0.2) is 4.98 Å². The van der Waals surface area contributed by atoms with Crippen molar-refractivity contribution < 1.29 is 4.79 Å². The predicted molar refractivity (Wildman–Crippen MR) is 94.8 cm³/mol. The molecule has 0 unspecified atom stereocenters. The minimum atomic E-state index is 0.222.